The number of pyridine rings is 1. The summed E-state index contributed by atoms with van der Waals surface area (Å²) in [6.45, 7) is 10.2. The van der Waals surface area contributed by atoms with Crippen molar-refractivity contribution < 1.29 is 29.0 Å². The van der Waals surface area contributed by atoms with E-state index in [-0.39, 0.29) is 0 Å². The first-order chi connectivity index (χ1) is 13.7. The van der Waals surface area contributed by atoms with Gasteiger partial charge in [0.25, 0.3) is 0 Å². The van der Waals surface area contributed by atoms with Crippen LogP contribution < -0.4 is 16.0 Å². The number of hydrogen-bond donors (Lipinski definition) is 4. The van der Waals surface area contributed by atoms with Gasteiger partial charge in [0.1, 0.15) is 17.7 Å². The summed E-state index contributed by atoms with van der Waals surface area (Å²) in [7, 11) is 0. The molecule has 0 saturated carbocycles. The molecule has 2 atom stereocenters. The average Bonchev–Trinajstić information content (AvgIpc) is 2.56. The molecular weight excluding hydrogens is 392 g/mol. The lowest BCUT2D eigenvalue weighted by Crippen LogP contribution is -2.57. The summed E-state index contributed by atoms with van der Waals surface area (Å²) >= 11 is 0. The number of anilines is 1. The molecule has 30 heavy (non-hydrogen) atoms. The Morgan fingerprint density at radius 3 is 2.03 bits per heavy atom. The number of aromatic nitrogens is 1. The Labute approximate surface area is 175 Å². The highest BCUT2D eigenvalue weighted by Gasteiger charge is 2.36. The molecule has 0 aromatic carbocycles. The molecule has 0 saturated heterocycles. The maximum absolute atomic E-state index is 12.8. The molecule has 0 bridgehead atoms. The second-order valence-corrected chi connectivity index (χ2v) is 8.83. The minimum Gasteiger partial charge on any atom is -0.481 e. The lowest BCUT2D eigenvalue weighted by atomic mass is 9.85. The number of carbonyl (C=O) groups is 4. The molecule has 2 unspecified atom stereocenters. The van der Waals surface area contributed by atoms with Crippen LogP contribution in [-0.4, -0.2) is 51.7 Å². The molecule has 3 amide bonds. The maximum atomic E-state index is 12.8. The fourth-order valence-corrected chi connectivity index (χ4v) is 2.40. The number of carboxylic acids is 1. The summed E-state index contributed by atoms with van der Waals surface area (Å²) in [6, 6.07) is 0.763. The number of amides is 3. The Kier molecular flexibility index (Phi) is 8.32. The van der Waals surface area contributed by atoms with E-state index in [4.69, 9.17) is 9.84 Å². The molecule has 0 spiro atoms. The molecule has 0 aliphatic carbocycles. The van der Waals surface area contributed by atoms with Gasteiger partial charge in [-0.25, -0.2) is 4.79 Å². The fourth-order valence-electron chi connectivity index (χ4n) is 2.40. The topological polar surface area (TPSA) is 147 Å². The Morgan fingerprint density at radius 2 is 1.57 bits per heavy atom. The van der Waals surface area contributed by atoms with Gasteiger partial charge >= 0.3 is 12.1 Å². The van der Waals surface area contributed by atoms with Crippen LogP contribution in [0.1, 0.15) is 48.0 Å². The first kappa shape index (κ1) is 24.9. The molecule has 0 fully saturated rings. The van der Waals surface area contributed by atoms with E-state index in [1.165, 1.54) is 12.4 Å². The molecule has 0 aliphatic rings. The van der Waals surface area contributed by atoms with Crippen LogP contribution in [0.5, 0.6) is 0 Å². The van der Waals surface area contributed by atoms with Gasteiger partial charge in [0.2, 0.25) is 11.8 Å². The molecule has 10 nitrogen and oxygen atoms in total. The molecule has 0 aliphatic heterocycles. The van der Waals surface area contributed by atoms with Gasteiger partial charge in [-0.15, -0.1) is 0 Å². The maximum Gasteiger partial charge on any atom is 0.408 e. The second kappa shape index (κ2) is 10.0. The van der Waals surface area contributed by atoms with E-state index in [0.29, 0.717) is 5.69 Å². The third-order valence-electron chi connectivity index (χ3n) is 3.75. The minimum atomic E-state index is -1.42. The summed E-state index contributed by atoms with van der Waals surface area (Å²) in [5, 5.41) is 16.6. The van der Waals surface area contributed by atoms with Crippen LogP contribution in [0.3, 0.4) is 0 Å². The molecule has 166 valence electrons. The predicted molar refractivity (Wildman–Crippen MR) is 110 cm³/mol. The lowest BCUT2D eigenvalue weighted by molar-refractivity contribution is -0.140. The van der Waals surface area contributed by atoms with E-state index < -0.39 is 53.4 Å². The molecule has 1 rings (SSSR count). The molecule has 4 N–H and O–H groups in total. The SMILES string of the molecule is CC(C)(C)OC(=O)NC(CC(=O)O)C(=O)NC(C(=O)Nc1ccncc1)C(C)(C)C. The highest BCUT2D eigenvalue weighted by molar-refractivity contribution is 5.99. The van der Waals surface area contributed by atoms with E-state index in [0.717, 1.165) is 0 Å². The van der Waals surface area contributed by atoms with Gasteiger partial charge in [-0.1, -0.05) is 20.8 Å². The monoisotopic (exact) mass is 422 g/mol. The van der Waals surface area contributed by atoms with Crippen LogP contribution in [0.4, 0.5) is 10.5 Å². The Balaban J connectivity index is 2.97. The Morgan fingerprint density at radius 1 is 1.00 bits per heavy atom. The number of rotatable bonds is 7. The number of carboxylic acid groups (broad SMARTS) is 1. The highest BCUT2D eigenvalue weighted by atomic mass is 16.6. The third-order valence-corrected chi connectivity index (χ3v) is 3.75. The van der Waals surface area contributed by atoms with Crippen LogP contribution >= 0.6 is 0 Å². The quantitative estimate of drug-likeness (QED) is 0.525. The first-order valence-electron chi connectivity index (χ1n) is 9.41. The summed E-state index contributed by atoms with van der Waals surface area (Å²) in [5.41, 5.74) is -1.04. The standard InChI is InChI=1S/C20H30N4O6/c1-19(2,3)15(17(28)22-12-7-9-21-10-8-12)24-16(27)13(11-14(25)26)23-18(29)30-20(4,5)6/h7-10,13,15H,11H2,1-6H3,(H,23,29)(H,24,27)(H,25,26)(H,21,22,28). The average molecular weight is 422 g/mol. The predicted octanol–water partition coefficient (Wildman–Crippen LogP) is 1.92. The molecule has 1 aromatic heterocycles. The van der Waals surface area contributed by atoms with Gasteiger partial charge in [-0.05, 0) is 38.3 Å². The minimum absolute atomic E-state index is 0.492. The van der Waals surface area contributed by atoms with E-state index in [2.05, 4.69) is 20.9 Å². The summed E-state index contributed by atoms with van der Waals surface area (Å²) in [4.78, 5) is 52.6. The van der Waals surface area contributed by atoms with Crippen LogP contribution in [0.2, 0.25) is 0 Å². The van der Waals surface area contributed by atoms with E-state index in [9.17, 15) is 19.2 Å². The van der Waals surface area contributed by atoms with Gasteiger partial charge in [-0.3, -0.25) is 19.4 Å². The van der Waals surface area contributed by atoms with Crippen LogP contribution in [0.15, 0.2) is 24.5 Å². The number of ether oxygens (including phenoxy) is 1. The number of nitrogens with one attached hydrogen (secondary N) is 3. The molecule has 1 heterocycles. The number of alkyl carbamates (subject to hydrolysis) is 1. The van der Waals surface area contributed by atoms with Crippen molar-refractivity contribution in [3.05, 3.63) is 24.5 Å². The van der Waals surface area contributed by atoms with Gasteiger partial charge in [-0.2, -0.15) is 0 Å². The zero-order valence-electron chi connectivity index (χ0n) is 18.1. The number of carbonyl (C=O) groups excluding carboxylic acids is 3. The second-order valence-electron chi connectivity index (χ2n) is 8.83. The molecule has 10 heteroatoms. The van der Waals surface area contributed by atoms with Gasteiger partial charge < -0.3 is 25.8 Å². The molecule has 0 radical (unpaired) electrons. The van der Waals surface area contributed by atoms with Crippen LogP contribution in [-0.2, 0) is 19.1 Å². The highest BCUT2D eigenvalue weighted by Crippen LogP contribution is 2.21. The first-order valence-corrected chi connectivity index (χ1v) is 9.41. The zero-order chi connectivity index (χ0) is 23.1. The van der Waals surface area contributed by atoms with Crippen molar-refractivity contribution in [3.63, 3.8) is 0 Å². The van der Waals surface area contributed by atoms with Crippen molar-refractivity contribution in [2.45, 2.75) is 65.6 Å². The fraction of sp³-hybridized carbons (Fsp3) is 0.550. The van der Waals surface area contributed by atoms with Crippen molar-refractivity contribution >= 4 is 29.6 Å². The lowest BCUT2D eigenvalue weighted by Gasteiger charge is -2.31. The smallest absolute Gasteiger partial charge is 0.408 e. The third kappa shape index (κ3) is 8.89. The van der Waals surface area contributed by atoms with Gasteiger partial charge in [0.15, 0.2) is 0 Å². The normalized spacial score (nSPS) is 13.5. The van der Waals surface area contributed by atoms with Crippen molar-refractivity contribution in [1.29, 1.82) is 0 Å². The van der Waals surface area contributed by atoms with Crippen molar-refractivity contribution in [2.75, 3.05) is 5.32 Å². The zero-order valence-corrected chi connectivity index (χ0v) is 18.1. The van der Waals surface area contributed by atoms with E-state index >= 15 is 0 Å². The van der Waals surface area contributed by atoms with Crippen molar-refractivity contribution in [1.82, 2.24) is 15.6 Å². The van der Waals surface area contributed by atoms with Crippen molar-refractivity contribution in [2.24, 2.45) is 5.41 Å². The molecule has 1 aromatic rings. The number of nitrogens with zero attached hydrogens (tertiary/aromatic N) is 1. The van der Waals surface area contributed by atoms with E-state index in [1.54, 1.807) is 53.7 Å². The van der Waals surface area contributed by atoms with E-state index in [1.807, 2.05) is 0 Å². The van der Waals surface area contributed by atoms with Crippen LogP contribution in [0, 0.1) is 5.41 Å². The summed E-state index contributed by atoms with van der Waals surface area (Å²) < 4.78 is 5.09. The van der Waals surface area contributed by atoms with Gasteiger partial charge in [0, 0.05) is 18.1 Å². The summed E-state index contributed by atoms with van der Waals surface area (Å²) in [6.07, 6.45) is 1.41. The summed E-state index contributed by atoms with van der Waals surface area (Å²) in [5.74, 6) is -2.60. The Bertz CT molecular complexity index is 768. The van der Waals surface area contributed by atoms with Gasteiger partial charge in [0.05, 0.1) is 6.42 Å². The number of aliphatic carboxylic acids is 1. The largest absolute Gasteiger partial charge is 0.481 e. The van der Waals surface area contributed by atoms with Crippen molar-refractivity contribution in [3.8, 4) is 0 Å². The Hall–Kier alpha value is -3.17. The number of hydrogen-bond acceptors (Lipinski definition) is 6. The van der Waals surface area contributed by atoms with Crippen LogP contribution in [0.25, 0.3) is 0 Å². The molecular formula is C20H30N4O6.